The topological polar surface area (TPSA) is 27.7 Å². The molecule has 1 fully saturated rings. The van der Waals surface area contributed by atoms with Gasteiger partial charge in [0.05, 0.1) is 23.8 Å². The number of methoxy groups -OCH3 is 1. The standard InChI is InChI=1S/C13H17BFIO3/c1-12(2)13(3,4)19-14(18-12)10-9(17-5)7-6-8(16)11(10)15/h6-7H,1-5H3. The number of halogens is 2. The van der Waals surface area contributed by atoms with Crippen molar-refractivity contribution in [2.45, 2.75) is 38.9 Å². The summed E-state index contributed by atoms with van der Waals surface area (Å²) in [6.45, 7) is 7.74. The van der Waals surface area contributed by atoms with Gasteiger partial charge in [-0.1, -0.05) is 0 Å². The summed E-state index contributed by atoms with van der Waals surface area (Å²) in [5.74, 6) is 0.0925. The Balaban J connectivity index is 2.47. The van der Waals surface area contributed by atoms with Crippen LogP contribution in [0.2, 0.25) is 0 Å². The zero-order chi connectivity index (χ0) is 14.4. The molecule has 0 amide bonds. The Labute approximate surface area is 127 Å². The van der Waals surface area contributed by atoms with Gasteiger partial charge >= 0.3 is 7.12 Å². The molecule has 0 aromatic heterocycles. The van der Waals surface area contributed by atoms with Crippen LogP contribution in [0, 0.1) is 9.39 Å². The first-order valence-corrected chi connectivity index (χ1v) is 7.15. The van der Waals surface area contributed by atoms with Gasteiger partial charge in [0.25, 0.3) is 0 Å². The van der Waals surface area contributed by atoms with E-state index in [2.05, 4.69) is 0 Å². The van der Waals surface area contributed by atoms with Gasteiger partial charge in [0.1, 0.15) is 11.6 Å². The predicted octanol–water partition coefficient (Wildman–Crippen LogP) is 2.74. The zero-order valence-corrected chi connectivity index (χ0v) is 13.9. The molecular weight excluding hydrogens is 361 g/mol. The molecule has 0 atom stereocenters. The van der Waals surface area contributed by atoms with Crippen LogP contribution in [-0.2, 0) is 9.31 Å². The number of ether oxygens (including phenoxy) is 1. The van der Waals surface area contributed by atoms with Crippen molar-refractivity contribution in [1.82, 2.24) is 0 Å². The van der Waals surface area contributed by atoms with Crippen LogP contribution in [-0.4, -0.2) is 25.4 Å². The van der Waals surface area contributed by atoms with E-state index in [1.165, 1.54) is 7.11 Å². The van der Waals surface area contributed by atoms with E-state index in [4.69, 9.17) is 14.0 Å². The van der Waals surface area contributed by atoms with E-state index < -0.39 is 18.3 Å². The van der Waals surface area contributed by atoms with Gasteiger partial charge in [-0.3, -0.25) is 0 Å². The maximum Gasteiger partial charge on any atom is 0.501 e. The summed E-state index contributed by atoms with van der Waals surface area (Å²) in [7, 11) is 0.755. The third-order valence-corrected chi connectivity index (χ3v) is 4.63. The average Bonchev–Trinajstić information content (AvgIpc) is 2.51. The molecule has 0 aliphatic carbocycles. The summed E-state index contributed by atoms with van der Waals surface area (Å²) in [6.07, 6.45) is 0. The molecule has 0 radical (unpaired) electrons. The van der Waals surface area contributed by atoms with Gasteiger partial charge in [-0.25, -0.2) is 4.39 Å². The second kappa shape index (κ2) is 4.89. The Bertz CT molecular complexity index is 489. The monoisotopic (exact) mass is 378 g/mol. The Hall–Kier alpha value is -0.335. The van der Waals surface area contributed by atoms with Gasteiger partial charge in [-0.2, -0.15) is 0 Å². The van der Waals surface area contributed by atoms with Crippen LogP contribution in [0.15, 0.2) is 12.1 Å². The number of rotatable bonds is 2. The fourth-order valence-electron chi connectivity index (χ4n) is 1.91. The molecule has 6 heteroatoms. The minimum atomic E-state index is -0.755. The molecule has 0 unspecified atom stereocenters. The largest absolute Gasteiger partial charge is 0.501 e. The lowest BCUT2D eigenvalue weighted by atomic mass is 9.78. The highest BCUT2D eigenvalue weighted by atomic mass is 127. The molecule has 1 aliphatic heterocycles. The minimum absolute atomic E-state index is 0.327. The van der Waals surface area contributed by atoms with Crippen LogP contribution < -0.4 is 10.2 Å². The summed E-state index contributed by atoms with van der Waals surface area (Å²) in [5.41, 5.74) is -0.680. The van der Waals surface area contributed by atoms with E-state index in [9.17, 15) is 4.39 Å². The van der Waals surface area contributed by atoms with Crippen LogP contribution in [0.25, 0.3) is 0 Å². The van der Waals surface area contributed by atoms with Crippen LogP contribution in [0.1, 0.15) is 27.7 Å². The van der Waals surface area contributed by atoms with E-state index in [1.54, 1.807) is 12.1 Å². The number of hydrogen-bond acceptors (Lipinski definition) is 3. The smallest absolute Gasteiger partial charge is 0.497 e. The number of benzene rings is 1. The first-order valence-electron chi connectivity index (χ1n) is 6.07. The van der Waals surface area contributed by atoms with Crippen LogP contribution in [0.5, 0.6) is 5.75 Å². The van der Waals surface area contributed by atoms with Crippen molar-refractivity contribution in [1.29, 1.82) is 0 Å². The van der Waals surface area contributed by atoms with Crippen molar-refractivity contribution in [3.63, 3.8) is 0 Å². The fourth-order valence-corrected chi connectivity index (χ4v) is 2.38. The second-order valence-electron chi connectivity index (χ2n) is 5.57. The van der Waals surface area contributed by atoms with Gasteiger partial charge in [-0.15, -0.1) is 0 Å². The highest BCUT2D eigenvalue weighted by molar-refractivity contribution is 14.1. The van der Waals surface area contributed by atoms with Crippen molar-refractivity contribution in [2.24, 2.45) is 0 Å². The van der Waals surface area contributed by atoms with Crippen molar-refractivity contribution >= 4 is 35.2 Å². The van der Waals surface area contributed by atoms with E-state index in [0.29, 0.717) is 14.8 Å². The summed E-state index contributed by atoms with van der Waals surface area (Å²) in [5, 5.41) is 0. The lowest BCUT2D eigenvalue weighted by Crippen LogP contribution is -2.41. The third kappa shape index (κ3) is 2.50. The fraction of sp³-hybridized carbons (Fsp3) is 0.538. The van der Waals surface area contributed by atoms with E-state index in [0.717, 1.165) is 0 Å². The van der Waals surface area contributed by atoms with E-state index in [-0.39, 0.29) is 5.82 Å². The lowest BCUT2D eigenvalue weighted by Gasteiger charge is -2.32. The molecule has 0 bridgehead atoms. The molecule has 0 N–H and O–H groups in total. The Morgan fingerprint density at radius 1 is 1.16 bits per heavy atom. The normalized spacial score (nSPS) is 20.7. The van der Waals surface area contributed by atoms with Crippen LogP contribution >= 0.6 is 22.6 Å². The first kappa shape index (κ1) is 15.1. The highest BCUT2D eigenvalue weighted by Gasteiger charge is 2.53. The Morgan fingerprint density at radius 2 is 1.68 bits per heavy atom. The minimum Gasteiger partial charge on any atom is -0.497 e. The first-order chi connectivity index (χ1) is 8.69. The third-order valence-electron chi connectivity index (χ3n) is 3.80. The molecule has 1 aliphatic rings. The molecule has 19 heavy (non-hydrogen) atoms. The summed E-state index contributed by atoms with van der Waals surface area (Å²) < 4.78 is 31.9. The highest BCUT2D eigenvalue weighted by Crippen LogP contribution is 2.37. The lowest BCUT2D eigenvalue weighted by molar-refractivity contribution is 0.00578. The van der Waals surface area contributed by atoms with Crippen molar-refractivity contribution in [2.75, 3.05) is 7.11 Å². The Morgan fingerprint density at radius 3 is 2.16 bits per heavy atom. The van der Waals surface area contributed by atoms with Gasteiger partial charge in [-0.05, 0) is 62.4 Å². The van der Waals surface area contributed by atoms with Crippen LogP contribution in [0.3, 0.4) is 0 Å². The van der Waals surface area contributed by atoms with Crippen molar-refractivity contribution in [3.05, 3.63) is 21.5 Å². The summed E-state index contributed by atoms with van der Waals surface area (Å²) in [6, 6.07) is 3.40. The number of hydrogen-bond donors (Lipinski definition) is 0. The molecule has 1 aromatic carbocycles. The SMILES string of the molecule is COc1ccc(I)c(F)c1B1OC(C)(C)C(C)(C)O1. The molecule has 0 spiro atoms. The quantitative estimate of drug-likeness (QED) is 0.586. The van der Waals surface area contributed by atoms with E-state index in [1.807, 2.05) is 50.3 Å². The van der Waals surface area contributed by atoms with Gasteiger partial charge in [0.2, 0.25) is 0 Å². The Kier molecular flexibility index (Phi) is 3.88. The maximum atomic E-state index is 14.4. The molecule has 1 saturated heterocycles. The molecule has 1 aromatic rings. The zero-order valence-electron chi connectivity index (χ0n) is 11.7. The van der Waals surface area contributed by atoms with Gasteiger partial charge < -0.3 is 14.0 Å². The molecule has 104 valence electrons. The van der Waals surface area contributed by atoms with Crippen molar-refractivity contribution in [3.8, 4) is 5.75 Å². The summed E-state index contributed by atoms with van der Waals surface area (Å²) >= 11 is 1.95. The molecule has 1 heterocycles. The molecule has 0 saturated carbocycles. The van der Waals surface area contributed by atoms with Crippen molar-refractivity contribution < 1.29 is 18.4 Å². The van der Waals surface area contributed by atoms with E-state index >= 15 is 0 Å². The van der Waals surface area contributed by atoms with Gasteiger partial charge in [0, 0.05) is 3.57 Å². The molecule has 3 nitrogen and oxygen atoms in total. The van der Waals surface area contributed by atoms with Crippen LogP contribution in [0.4, 0.5) is 4.39 Å². The second-order valence-corrected chi connectivity index (χ2v) is 6.73. The molecular formula is C13H17BFIO3. The van der Waals surface area contributed by atoms with Gasteiger partial charge in [0.15, 0.2) is 0 Å². The predicted molar refractivity (Wildman–Crippen MR) is 81.4 cm³/mol. The summed E-state index contributed by atoms with van der Waals surface area (Å²) in [4.78, 5) is 0. The molecule has 2 rings (SSSR count). The maximum absolute atomic E-state index is 14.4. The average molecular weight is 378 g/mol.